The van der Waals surface area contributed by atoms with Crippen molar-refractivity contribution in [3.05, 3.63) is 182 Å². The molecule has 0 unspecified atom stereocenters. The van der Waals surface area contributed by atoms with E-state index < -0.39 is 0 Å². The predicted octanol–water partition coefficient (Wildman–Crippen LogP) is 12.4. The molecule has 224 valence electrons. The fraction of sp³-hybridized carbons (Fsp3) is 0. The first-order chi connectivity index (χ1) is 23.8. The number of rotatable bonds is 4. The second kappa shape index (κ2) is 10.6. The number of para-hydroxylation sites is 2. The van der Waals surface area contributed by atoms with Gasteiger partial charge in [0.15, 0.2) is 0 Å². The highest BCUT2D eigenvalue weighted by Crippen LogP contribution is 2.40. The molecule has 2 nitrogen and oxygen atoms in total. The molecule has 2 aromatic heterocycles. The molecule has 2 heteroatoms. The highest BCUT2D eigenvalue weighted by atomic mass is 15.0. The molecule has 0 aliphatic heterocycles. The van der Waals surface area contributed by atoms with E-state index in [4.69, 9.17) is 0 Å². The molecule has 2 heterocycles. The number of hydrogen-bond acceptors (Lipinski definition) is 0. The lowest BCUT2D eigenvalue weighted by atomic mass is 10.0. The monoisotopic (exact) mass is 610 g/mol. The van der Waals surface area contributed by atoms with Crippen molar-refractivity contribution in [2.75, 3.05) is 0 Å². The Hall–Kier alpha value is -6.38. The summed E-state index contributed by atoms with van der Waals surface area (Å²) in [6.07, 6.45) is 0. The SMILES string of the molecule is c1ccc(-c2cccc(-n3c4ccccc4c4cc5c(cc43)c3ccccc3n5-c3cccc(-c4ccc5ccccc5c4)c3)c2)cc1. The summed E-state index contributed by atoms with van der Waals surface area (Å²) in [6, 6.07) is 66.3. The third kappa shape index (κ3) is 4.13. The standard InChI is InChI=1S/C46H30N2/c1-2-12-31(13-3-1)34-16-10-18-37(27-34)47-43-22-8-6-20-39(43)41-30-46-42(29-45(41)47)40-21-7-9-23-44(40)48(46)38-19-11-17-35(28-38)36-25-24-32-14-4-5-15-33(32)26-36/h1-30H. The van der Waals surface area contributed by atoms with Crippen LogP contribution in [0, 0.1) is 0 Å². The number of hydrogen-bond donors (Lipinski definition) is 0. The zero-order valence-electron chi connectivity index (χ0n) is 26.2. The lowest BCUT2D eigenvalue weighted by molar-refractivity contribution is 1.17. The molecule has 10 rings (SSSR count). The Bertz CT molecular complexity index is 2830. The van der Waals surface area contributed by atoms with Gasteiger partial charge in [-0.1, -0.05) is 127 Å². The predicted molar refractivity (Wildman–Crippen MR) is 203 cm³/mol. The van der Waals surface area contributed by atoms with Crippen LogP contribution >= 0.6 is 0 Å². The summed E-state index contributed by atoms with van der Waals surface area (Å²) in [4.78, 5) is 0. The first kappa shape index (κ1) is 26.8. The van der Waals surface area contributed by atoms with Gasteiger partial charge in [-0.05, 0) is 87.6 Å². The second-order valence-electron chi connectivity index (χ2n) is 12.6. The summed E-state index contributed by atoms with van der Waals surface area (Å²) in [5.74, 6) is 0. The van der Waals surface area contributed by atoms with Crippen LogP contribution in [0.1, 0.15) is 0 Å². The zero-order chi connectivity index (χ0) is 31.6. The molecule has 0 saturated heterocycles. The topological polar surface area (TPSA) is 9.86 Å². The summed E-state index contributed by atoms with van der Waals surface area (Å²) < 4.78 is 4.87. The van der Waals surface area contributed by atoms with E-state index in [-0.39, 0.29) is 0 Å². The summed E-state index contributed by atoms with van der Waals surface area (Å²) in [6.45, 7) is 0. The lowest BCUT2D eigenvalue weighted by Gasteiger charge is -2.12. The Kier molecular flexibility index (Phi) is 5.91. The zero-order valence-corrected chi connectivity index (χ0v) is 26.2. The Balaban J connectivity index is 1.22. The van der Waals surface area contributed by atoms with Gasteiger partial charge in [-0.15, -0.1) is 0 Å². The Labute approximate surface area is 278 Å². The van der Waals surface area contributed by atoms with Crippen LogP contribution in [0.4, 0.5) is 0 Å². The maximum atomic E-state index is 2.44. The molecular weight excluding hydrogens is 581 g/mol. The van der Waals surface area contributed by atoms with Gasteiger partial charge in [0.25, 0.3) is 0 Å². The minimum Gasteiger partial charge on any atom is -0.309 e. The third-order valence-electron chi connectivity index (χ3n) is 9.86. The highest BCUT2D eigenvalue weighted by Gasteiger charge is 2.19. The molecular formula is C46H30N2. The Morgan fingerprint density at radius 3 is 1.35 bits per heavy atom. The molecule has 0 saturated carbocycles. The molecule has 0 spiro atoms. The van der Waals surface area contributed by atoms with Crippen LogP contribution in [0.15, 0.2) is 182 Å². The largest absolute Gasteiger partial charge is 0.309 e. The van der Waals surface area contributed by atoms with E-state index in [1.165, 1.54) is 76.6 Å². The van der Waals surface area contributed by atoms with Gasteiger partial charge in [-0.3, -0.25) is 0 Å². The molecule has 0 aliphatic rings. The van der Waals surface area contributed by atoms with E-state index in [9.17, 15) is 0 Å². The molecule has 0 bridgehead atoms. The minimum absolute atomic E-state index is 1.16. The number of benzene rings is 8. The van der Waals surface area contributed by atoms with Crippen LogP contribution < -0.4 is 0 Å². The maximum Gasteiger partial charge on any atom is 0.0548 e. The van der Waals surface area contributed by atoms with Crippen molar-refractivity contribution in [2.24, 2.45) is 0 Å². The van der Waals surface area contributed by atoms with Crippen LogP contribution in [-0.4, -0.2) is 9.13 Å². The van der Waals surface area contributed by atoms with Gasteiger partial charge in [0, 0.05) is 32.9 Å². The molecule has 0 aliphatic carbocycles. The van der Waals surface area contributed by atoms with Gasteiger partial charge in [0.05, 0.1) is 22.1 Å². The molecule has 10 aromatic rings. The molecule has 48 heavy (non-hydrogen) atoms. The van der Waals surface area contributed by atoms with Gasteiger partial charge in [0.1, 0.15) is 0 Å². The van der Waals surface area contributed by atoms with Gasteiger partial charge >= 0.3 is 0 Å². The van der Waals surface area contributed by atoms with Crippen LogP contribution in [0.25, 0.3) is 88.0 Å². The normalized spacial score (nSPS) is 11.8. The summed E-state index contributed by atoms with van der Waals surface area (Å²) in [5, 5.41) is 7.51. The number of fused-ring (bicyclic) bond motifs is 7. The first-order valence-corrected chi connectivity index (χ1v) is 16.5. The third-order valence-corrected chi connectivity index (χ3v) is 9.86. The van der Waals surface area contributed by atoms with Crippen LogP contribution in [0.2, 0.25) is 0 Å². The lowest BCUT2D eigenvalue weighted by Crippen LogP contribution is -1.95. The van der Waals surface area contributed by atoms with Crippen molar-refractivity contribution < 1.29 is 0 Å². The maximum absolute atomic E-state index is 2.44. The van der Waals surface area contributed by atoms with Crippen molar-refractivity contribution in [3.8, 4) is 33.6 Å². The molecule has 0 atom stereocenters. The number of aromatic nitrogens is 2. The van der Waals surface area contributed by atoms with E-state index in [0.717, 1.165) is 11.4 Å². The molecule has 0 amide bonds. The van der Waals surface area contributed by atoms with Gasteiger partial charge in [-0.2, -0.15) is 0 Å². The minimum atomic E-state index is 1.16. The molecule has 0 N–H and O–H groups in total. The summed E-state index contributed by atoms with van der Waals surface area (Å²) in [5.41, 5.74) is 12.0. The highest BCUT2D eigenvalue weighted by molar-refractivity contribution is 6.19. The van der Waals surface area contributed by atoms with E-state index in [2.05, 4.69) is 191 Å². The van der Waals surface area contributed by atoms with Crippen molar-refractivity contribution in [1.29, 1.82) is 0 Å². The quantitative estimate of drug-likeness (QED) is 0.188. The average molecular weight is 611 g/mol. The molecule has 0 fully saturated rings. The van der Waals surface area contributed by atoms with Gasteiger partial charge in [0.2, 0.25) is 0 Å². The fourth-order valence-corrected chi connectivity index (χ4v) is 7.64. The van der Waals surface area contributed by atoms with Crippen molar-refractivity contribution in [1.82, 2.24) is 9.13 Å². The Morgan fingerprint density at radius 1 is 0.250 bits per heavy atom. The van der Waals surface area contributed by atoms with E-state index in [1.54, 1.807) is 0 Å². The van der Waals surface area contributed by atoms with Gasteiger partial charge in [-0.25, -0.2) is 0 Å². The smallest absolute Gasteiger partial charge is 0.0548 e. The molecule has 8 aromatic carbocycles. The van der Waals surface area contributed by atoms with Crippen LogP contribution in [-0.2, 0) is 0 Å². The van der Waals surface area contributed by atoms with Crippen LogP contribution in [0.5, 0.6) is 0 Å². The summed E-state index contributed by atoms with van der Waals surface area (Å²) >= 11 is 0. The fourth-order valence-electron chi connectivity index (χ4n) is 7.64. The second-order valence-corrected chi connectivity index (χ2v) is 12.6. The first-order valence-electron chi connectivity index (χ1n) is 16.5. The van der Waals surface area contributed by atoms with Crippen LogP contribution in [0.3, 0.4) is 0 Å². The van der Waals surface area contributed by atoms with Crippen molar-refractivity contribution in [2.45, 2.75) is 0 Å². The van der Waals surface area contributed by atoms with Gasteiger partial charge < -0.3 is 9.13 Å². The average Bonchev–Trinajstić information content (AvgIpc) is 3.66. The van der Waals surface area contributed by atoms with E-state index >= 15 is 0 Å². The Morgan fingerprint density at radius 2 is 0.729 bits per heavy atom. The molecule has 0 radical (unpaired) electrons. The van der Waals surface area contributed by atoms with Crippen molar-refractivity contribution >= 4 is 54.4 Å². The summed E-state index contributed by atoms with van der Waals surface area (Å²) in [7, 11) is 0. The van der Waals surface area contributed by atoms with E-state index in [1.807, 2.05) is 0 Å². The van der Waals surface area contributed by atoms with Crippen molar-refractivity contribution in [3.63, 3.8) is 0 Å². The van der Waals surface area contributed by atoms with E-state index in [0.29, 0.717) is 0 Å². The number of nitrogens with zero attached hydrogens (tertiary/aromatic N) is 2.